The number of hydrogen-bond donors (Lipinski definition) is 0. The van der Waals surface area contributed by atoms with E-state index in [4.69, 9.17) is 0 Å². The van der Waals surface area contributed by atoms with E-state index < -0.39 is 0 Å². The molecular formula is C12H27BN4. The quantitative estimate of drug-likeness (QED) is 0.701. The second-order valence-corrected chi connectivity index (χ2v) is 6.95. The first-order chi connectivity index (χ1) is 7.68. The molecule has 98 valence electrons. The lowest BCUT2D eigenvalue weighted by atomic mass is 9.51. The molecule has 0 aromatic rings. The zero-order chi connectivity index (χ0) is 13.3. The van der Waals surface area contributed by atoms with Crippen LogP contribution in [0.4, 0.5) is 0 Å². The molecule has 17 heavy (non-hydrogen) atoms. The molecule has 0 saturated carbocycles. The van der Waals surface area contributed by atoms with Crippen LogP contribution in [-0.4, -0.2) is 28.9 Å². The maximum absolute atomic E-state index is 4.37. The molecular weight excluding hydrogens is 211 g/mol. The van der Waals surface area contributed by atoms with E-state index in [1.54, 1.807) is 0 Å². The molecule has 0 bridgehead atoms. The summed E-state index contributed by atoms with van der Waals surface area (Å²) < 4.78 is 0. The molecule has 0 atom stereocenters. The Morgan fingerprint density at radius 1 is 1.00 bits per heavy atom. The Morgan fingerprint density at radius 2 is 1.59 bits per heavy atom. The van der Waals surface area contributed by atoms with Crippen LogP contribution < -0.4 is 0 Å². The average molecular weight is 238 g/mol. The average Bonchev–Trinajstić information content (AvgIpc) is 2.56. The van der Waals surface area contributed by atoms with Crippen molar-refractivity contribution in [2.24, 2.45) is 10.4 Å². The number of nitrogens with zero attached hydrogens (tertiary/aromatic N) is 4. The van der Waals surface area contributed by atoms with Gasteiger partial charge in [-0.25, -0.2) is 0 Å². The third-order valence-corrected chi connectivity index (χ3v) is 2.97. The third kappa shape index (κ3) is 3.36. The molecule has 0 aromatic carbocycles. The van der Waals surface area contributed by atoms with E-state index in [0.717, 1.165) is 6.54 Å². The summed E-state index contributed by atoms with van der Waals surface area (Å²) in [5.41, 5.74) is 0.0163. The molecule has 0 aromatic heterocycles. The molecule has 1 rings (SSSR count). The smallest absolute Gasteiger partial charge is 0.294 e. The fourth-order valence-corrected chi connectivity index (χ4v) is 2.12. The van der Waals surface area contributed by atoms with Gasteiger partial charge >= 0.3 is 6.98 Å². The monoisotopic (exact) mass is 238 g/mol. The van der Waals surface area contributed by atoms with Gasteiger partial charge in [0.15, 0.2) is 0 Å². The fraction of sp³-hybridized carbons (Fsp3) is 1.00. The lowest BCUT2D eigenvalue weighted by Gasteiger charge is -2.40. The first kappa shape index (κ1) is 14.3. The highest BCUT2D eigenvalue weighted by Gasteiger charge is 2.48. The van der Waals surface area contributed by atoms with E-state index >= 15 is 0 Å². The predicted molar refractivity (Wildman–Crippen MR) is 73.5 cm³/mol. The standard InChI is InChI=1S/C12H27BN4/c1-8-9-10-16-13(11(2,3)4)17(15-14-16)12(5,6)7/h8-10H2,1-7H3. The van der Waals surface area contributed by atoms with Gasteiger partial charge < -0.3 is 0 Å². The molecule has 0 N–H and O–H groups in total. The first-order valence-corrected chi connectivity index (χ1v) is 6.65. The Bertz CT molecular complexity index is 277. The molecule has 5 heteroatoms. The van der Waals surface area contributed by atoms with Crippen molar-refractivity contribution in [2.75, 3.05) is 6.54 Å². The van der Waals surface area contributed by atoms with Crippen LogP contribution in [0.15, 0.2) is 10.4 Å². The summed E-state index contributed by atoms with van der Waals surface area (Å²) in [6.07, 6.45) is 2.36. The SMILES string of the molecule is CCCCN1N=NN(C(C)(C)C)B1C(C)(C)C. The second kappa shape index (κ2) is 4.87. The van der Waals surface area contributed by atoms with E-state index in [2.05, 4.69) is 68.8 Å². The molecule has 1 aliphatic rings. The van der Waals surface area contributed by atoms with E-state index in [9.17, 15) is 0 Å². The highest BCUT2D eigenvalue weighted by atomic mass is 15.7. The minimum atomic E-state index is 0.0163. The summed E-state index contributed by atoms with van der Waals surface area (Å²) >= 11 is 0. The van der Waals surface area contributed by atoms with Gasteiger partial charge in [0.25, 0.3) is 0 Å². The molecule has 1 heterocycles. The minimum Gasteiger partial charge on any atom is -0.294 e. The minimum absolute atomic E-state index is 0.0163. The molecule has 0 fully saturated rings. The first-order valence-electron chi connectivity index (χ1n) is 6.65. The molecule has 4 nitrogen and oxygen atoms in total. The number of unbranched alkanes of at least 4 members (excludes halogenated alkanes) is 1. The van der Waals surface area contributed by atoms with Gasteiger partial charge in [0.05, 0.1) is 0 Å². The Hall–Kier alpha value is -0.735. The summed E-state index contributed by atoms with van der Waals surface area (Å²) in [6.45, 7) is 16.8. The van der Waals surface area contributed by atoms with E-state index in [1.807, 2.05) is 0 Å². The fourth-order valence-electron chi connectivity index (χ4n) is 2.12. The molecule has 1 aliphatic heterocycles. The summed E-state index contributed by atoms with van der Waals surface area (Å²) in [5.74, 6) is 0. The predicted octanol–water partition coefficient (Wildman–Crippen LogP) is 3.77. The summed E-state index contributed by atoms with van der Waals surface area (Å²) in [7, 11) is 0. The molecule has 0 radical (unpaired) electrons. The maximum Gasteiger partial charge on any atom is 0.418 e. The summed E-state index contributed by atoms with van der Waals surface area (Å²) in [6, 6.07) is 0. The van der Waals surface area contributed by atoms with E-state index in [0.29, 0.717) is 0 Å². The van der Waals surface area contributed by atoms with Crippen LogP contribution in [0, 0.1) is 0 Å². The Morgan fingerprint density at radius 3 is 2.00 bits per heavy atom. The highest BCUT2D eigenvalue weighted by molar-refractivity contribution is 6.56. The van der Waals surface area contributed by atoms with Crippen molar-refractivity contribution in [1.29, 1.82) is 0 Å². The number of rotatable bonds is 3. The van der Waals surface area contributed by atoms with Crippen LogP contribution in [0.1, 0.15) is 61.3 Å². The Labute approximate surface area is 107 Å². The van der Waals surface area contributed by atoms with Gasteiger partial charge in [-0.3, -0.25) is 9.84 Å². The van der Waals surface area contributed by atoms with Crippen molar-refractivity contribution in [2.45, 2.75) is 72.2 Å². The van der Waals surface area contributed by atoms with Gasteiger partial charge in [0, 0.05) is 12.1 Å². The largest absolute Gasteiger partial charge is 0.418 e. The van der Waals surface area contributed by atoms with Crippen molar-refractivity contribution >= 4 is 6.98 Å². The van der Waals surface area contributed by atoms with Gasteiger partial charge in [-0.05, 0) is 32.5 Å². The van der Waals surface area contributed by atoms with Crippen molar-refractivity contribution in [3.05, 3.63) is 0 Å². The number of hydrogen-bond acceptors (Lipinski definition) is 4. The molecule has 0 spiro atoms. The van der Waals surface area contributed by atoms with Gasteiger partial charge in [0.1, 0.15) is 0 Å². The normalized spacial score (nSPS) is 17.2. The summed E-state index contributed by atoms with van der Waals surface area (Å²) in [5, 5.41) is 8.87. The van der Waals surface area contributed by atoms with E-state index in [-0.39, 0.29) is 17.8 Å². The van der Waals surface area contributed by atoms with Crippen LogP contribution in [0.2, 0.25) is 5.31 Å². The lowest BCUT2D eigenvalue weighted by molar-refractivity contribution is 0.244. The molecule has 0 saturated heterocycles. The van der Waals surface area contributed by atoms with Crippen molar-refractivity contribution in [3.63, 3.8) is 0 Å². The highest BCUT2D eigenvalue weighted by Crippen LogP contribution is 2.38. The van der Waals surface area contributed by atoms with Crippen LogP contribution in [0.3, 0.4) is 0 Å². The zero-order valence-corrected chi connectivity index (χ0v) is 12.5. The van der Waals surface area contributed by atoms with Crippen molar-refractivity contribution in [3.8, 4) is 0 Å². The third-order valence-electron chi connectivity index (χ3n) is 2.97. The van der Waals surface area contributed by atoms with Crippen LogP contribution in [0.5, 0.6) is 0 Å². The topological polar surface area (TPSA) is 31.2 Å². The summed E-state index contributed by atoms with van der Waals surface area (Å²) in [4.78, 5) is 4.29. The van der Waals surface area contributed by atoms with Crippen molar-refractivity contribution < 1.29 is 0 Å². The van der Waals surface area contributed by atoms with Gasteiger partial charge in [-0.15, -0.1) is 0 Å². The zero-order valence-electron chi connectivity index (χ0n) is 12.5. The van der Waals surface area contributed by atoms with Gasteiger partial charge in [-0.2, -0.15) is 0 Å². The molecule has 0 amide bonds. The van der Waals surface area contributed by atoms with Crippen LogP contribution in [-0.2, 0) is 0 Å². The van der Waals surface area contributed by atoms with Crippen molar-refractivity contribution in [1.82, 2.24) is 9.84 Å². The van der Waals surface area contributed by atoms with E-state index in [1.165, 1.54) is 12.8 Å². The van der Waals surface area contributed by atoms with Crippen LogP contribution >= 0.6 is 0 Å². The van der Waals surface area contributed by atoms with Gasteiger partial charge in [-0.1, -0.05) is 44.6 Å². The molecule has 0 unspecified atom stereocenters. The Kier molecular flexibility index (Phi) is 4.10. The Balaban J connectivity index is 2.86. The maximum atomic E-state index is 4.37. The van der Waals surface area contributed by atoms with Gasteiger partial charge in [0.2, 0.25) is 0 Å². The lowest BCUT2D eigenvalue weighted by Crippen LogP contribution is -2.56. The molecule has 0 aliphatic carbocycles. The second-order valence-electron chi connectivity index (χ2n) is 6.95. The van der Waals surface area contributed by atoms with Crippen LogP contribution in [0.25, 0.3) is 0 Å².